The van der Waals surface area contributed by atoms with Crippen LogP contribution in [-0.4, -0.2) is 17.9 Å². The van der Waals surface area contributed by atoms with Gasteiger partial charge in [-0.2, -0.15) is 0 Å². The van der Waals surface area contributed by atoms with E-state index in [1.165, 1.54) is 0 Å². The summed E-state index contributed by atoms with van der Waals surface area (Å²) in [6, 6.07) is 8.94. The van der Waals surface area contributed by atoms with E-state index >= 15 is 0 Å². The van der Waals surface area contributed by atoms with Gasteiger partial charge in [-0.25, -0.2) is 4.79 Å². The van der Waals surface area contributed by atoms with Gasteiger partial charge >= 0.3 is 6.09 Å². The average molecular weight is 291 g/mol. The zero-order chi connectivity index (χ0) is 15.7. The molecule has 0 saturated heterocycles. The van der Waals surface area contributed by atoms with Gasteiger partial charge in [-0.3, -0.25) is 4.79 Å². The van der Waals surface area contributed by atoms with E-state index in [2.05, 4.69) is 19.2 Å². The Bertz CT molecular complexity index is 443. The summed E-state index contributed by atoms with van der Waals surface area (Å²) in [6.45, 7) is 6.17. The Labute approximate surface area is 126 Å². The third-order valence-corrected chi connectivity index (χ3v) is 3.23. The number of Topliss-reactive ketones (excluding diaryl/α,β-unsaturated/α-hetero) is 1. The first-order chi connectivity index (χ1) is 9.99. The highest BCUT2D eigenvalue weighted by Gasteiger charge is 2.16. The van der Waals surface area contributed by atoms with Crippen LogP contribution in [-0.2, 0) is 16.1 Å². The average Bonchev–Trinajstić information content (AvgIpc) is 2.45. The van der Waals surface area contributed by atoms with Gasteiger partial charge in [0, 0.05) is 6.42 Å². The lowest BCUT2D eigenvalue weighted by Crippen LogP contribution is -2.38. The fourth-order valence-electron chi connectivity index (χ4n) is 1.92. The van der Waals surface area contributed by atoms with Gasteiger partial charge in [-0.15, -0.1) is 0 Å². The maximum absolute atomic E-state index is 11.9. The predicted octanol–water partition coefficient (Wildman–Crippen LogP) is 3.70. The molecule has 0 aliphatic carbocycles. The number of amides is 1. The molecule has 1 rings (SSSR count). The van der Waals surface area contributed by atoms with E-state index in [1.54, 1.807) is 6.92 Å². The van der Waals surface area contributed by atoms with E-state index in [-0.39, 0.29) is 12.4 Å². The van der Waals surface area contributed by atoms with Crippen molar-refractivity contribution in [3.8, 4) is 0 Å². The van der Waals surface area contributed by atoms with Crippen LogP contribution >= 0.6 is 0 Å². The van der Waals surface area contributed by atoms with Crippen molar-refractivity contribution in [1.29, 1.82) is 0 Å². The van der Waals surface area contributed by atoms with E-state index in [1.807, 2.05) is 30.3 Å². The maximum atomic E-state index is 11.9. The molecule has 0 heterocycles. The molecule has 1 amide bonds. The van der Waals surface area contributed by atoms with Gasteiger partial charge in [-0.1, -0.05) is 50.6 Å². The van der Waals surface area contributed by atoms with E-state index < -0.39 is 12.1 Å². The van der Waals surface area contributed by atoms with Gasteiger partial charge in [0.1, 0.15) is 6.61 Å². The van der Waals surface area contributed by atoms with Crippen LogP contribution in [0.4, 0.5) is 4.79 Å². The Balaban J connectivity index is 2.25. The Hall–Kier alpha value is -1.84. The van der Waals surface area contributed by atoms with Gasteiger partial charge in [-0.05, 0) is 24.8 Å². The van der Waals surface area contributed by atoms with Gasteiger partial charge in [0.15, 0.2) is 5.78 Å². The van der Waals surface area contributed by atoms with Crippen molar-refractivity contribution >= 4 is 11.9 Å². The number of ether oxygens (including phenoxy) is 1. The molecule has 116 valence electrons. The Kier molecular flexibility index (Phi) is 7.51. The number of hydrogen-bond acceptors (Lipinski definition) is 3. The molecule has 0 radical (unpaired) electrons. The molecule has 0 fully saturated rings. The monoisotopic (exact) mass is 291 g/mol. The number of nitrogens with one attached hydrogen (secondary N) is 1. The number of alkyl carbamates (subject to hydrolysis) is 1. The van der Waals surface area contributed by atoms with E-state index in [0.717, 1.165) is 18.4 Å². The summed E-state index contributed by atoms with van der Waals surface area (Å²) in [5.41, 5.74) is 0.920. The highest BCUT2D eigenvalue weighted by atomic mass is 16.5. The Morgan fingerprint density at radius 1 is 1.14 bits per heavy atom. The first-order valence-corrected chi connectivity index (χ1v) is 7.49. The van der Waals surface area contributed by atoms with Crippen LogP contribution in [0.5, 0.6) is 0 Å². The lowest BCUT2D eigenvalue weighted by molar-refractivity contribution is -0.120. The molecule has 0 spiro atoms. The molecule has 0 saturated carbocycles. The third kappa shape index (κ3) is 7.49. The van der Waals surface area contributed by atoms with Crippen LogP contribution in [0, 0.1) is 5.92 Å². The predicted molar refractivity (Wildman–Crippen MR) is 82.9 cm³/mol. The zero-order valence-corrected chi connectivity index (χ0v) is 13.1. The lowest BCUT2D eigenvalue weighted by atomic mass is 10.0. The SMILES string of the molecule is CC(C)CCCC(=O)C(C)NC(=O)OCc1ccccc1. The second-order valence-corrected chi connectivity index (χ2v) is 5.68. The van der Waals surface area contributed by atoms with Crippen LogP contribution in [0.15, 0.2) is 30.3 Å². The number of carbonyl (C=O) groups excluding carboxylic acids is 2. The highest BCUT2D eigenvalue weighted by Crippen LogP contribution is 2.08. The largest absolute Gasteiger partial charge is 0.445 e. The van der Waals surface area contributed by atoms with Crippen molar-refractivity contribution in [3.05, 3.63) is 35.9 Å². The maximum Gasteiger partial charge on any atom is 0.408 e. The first kappa shape index (κ1) is 17.2. The first-order valence-electron chi connectivity index (χ1n) is 7.49. The van der Waals surface area contributed by atoms with Gasteiger partial charge < -0.3 is 10.1 Å². The number of rotatable bonds is 8. The van der Waals surface area contributed by atoms with Crippen molar-refractivity contribution in [3.63, 3.8) is 0 Å². The van der Waals surface area contributed by atoms with Crippen LogP contribution in [0.3, 0.4) is 0 Å². The van der Waals surface area contributed by atoms with E-state index in [0.29, 0.717) is 12.3 Å². The Morgan fingerprint density at radius 3 is 2.43 bits per heavy atom. The summed E-state index contributed by atoms with van der Waals surface area (Å²) in [4.78, 5) is 23.5. The van der Waals surface area contributed by atoms with Crippen molar-refractivity contribution in [2.75, 3.05) is 0 Å². The molecule has 4 nitrogen and oxygen atoms in total. The topological polar surface area (TPSA) is 55.4 Å². The van der Waals surface area contributed by atoms with Crippen molar-refractivity contribution in [2.24, 2.45) is 5.92 Å². The second kappa shape index (κ2) is 9.16. The fourth-order valence-corrected chi connectivity index (χ4v) is 1.92. The summed E-state index contributed by atoms with van der Waals surface area (Å²) in [7, 11) is 0. The molecule has 0 aromatic heterocycles. The number of hydrogen-bond donors (Lipinski definition) is 1. The van der Waals surface area contributed by atoms with E-state index in [9.17, 15) is 9.59 Å². The lowest BCUT2D eigenvalue weighted by Gasteiger charge is -2.13. The standard InChI is InChI=1S/C17H25NO3/c1-13(2)8-7-11-16(19)14(3)18-17(20)21-12-15-9-5-4-6-10-15/h4-6,9-10,13-14H,7-8,11-12H2,1-3H3,(H,18,20). The Morgan fingerprint density at radius 2 is 1.81 bits per heavy atom. The molecule has 1 N–H and O–H groups in total. The van der Waals surface area contributed by atoms with Gasteiger partial charge in [0.2, 0.25) is 0 Å². The minimum atomic E-state index is -0.552. The molecular formula is C17H25NO3. The molecule has 21 heavy (non-hydrogen) atoms. The molecule has 0 aliphatic rings. The number of benzene rings is 1. The van der Waals surface area contributed by atoms with Crippen molar-refractivity contribution in [1.82, 2.24) is 5.32 Å². The number of ketones is 1. The van der Waals surface area contributed by atoms with Crippen LogP contribution in [0.1, 0.15) is 45.6 Å². The normalized spacial score (nSPS) is 12.0. The summed E-state index contributed by atoms with van der Waals surface area (Å²) in [5.74, 6) is 0.643. The summed E-state index contributed by atoms with van der Waals surface area (Å²) in [6.07, 6.45) is 1.83. The third-order valence-electron chi connectivity index (χ3n) is 3.23. The minimum absolute atomic E-state index is 0.0484. The van der Waals surface area contributed by atoms with E-state index in [4.69, 9.17) is 4.74 Å². The van der Waals surface area contributed by atoms with Crippen molar-refractivity contribution in [2.45, 2.75) is 52.7 Å². The fraction of sp³-hybridized carbons (Fsp3) is 0.529. The molecule has 1 atom stereocenters. The molecule has 1 aromatic carbocycles. The van der Waals surface area contributed by atoms with Crippen LogP contribution < -0.4 is 5.32 Å². The molecular weight excluding hydrogens is 266 g/mol. The molecule has 0 bridgehead atoms. The van der Waals surface area contributed by atoms with Gasteiger partial charge in [0.05, 0.1) is 6.04 Å². The highest BCUT2D eigenvalue weighted by molar-refractivity contribution is 5.86. The number of carbonyl (C=O) groups is 2. The van der Waals surface area contributed by atoms with Crippen molar-refractivity contribution < 1.29 is 14.3 Å². The summed E-state index contributed by atoms with van der Waals surface area (Å²) >= 11 is 0. The summed E-state index contributed by atoms with van der Waals surface area (Å²) < 4.78 is 5.09. The quantitative estimate of drug-likeness (QED) is 0.794. The van der Waals surface area contributed by atoms with Crippen LogP contribution in [0.25, 0.3) is 0 Å². The molecule has 4 heteroatoms. The van der Waals surface area contributed by atoms with Gasteiger partial charge in [0.25, 0.3) is 0 Å². The smallest absolute Gasteiger partial charge is 0.408 e. The summed E-state index contributed by atoms with van der Waals surface area (Å²) in [5, 5.41) is 2.58. The minimum Gasteiger partial charge on any atom is -0.445 e. The molecule has 0 aliphatic heterocycles. The molecule has 1 aromatic rings. The molecule has 1 unspecified atom stereocenters. The second-order valence-electron chi connectivity index (χ2n) is 5.68. The zero-order valence-electron chi connectivity index (χ0n) is 13.1. The van der Waals surface area contributed by atoms with Crippen LogP contribution in [0.2, 0.25) is 0 Å².